The fourth-order valence-corrected chi connectivity index (χ4v) is 2.04. The molecule has 20 heavy (non-hydrogen) atoms. The molecule has 7 heteroatoms. The first-order chi connectivity index (χ1) is 9.52. The highest BCUT2D eigenvalue weighted by molar-refractivity contribution is 5.56. The van der Waals surface area contributed by atoms with Gasteiger partial charge in [0.05, 0.1) is 24.2 Å². The van der Waals surface area contributed by atoms with E-state index < -0.39 is 10.5 Å². The Balaban J connectivity index is 2.11. The van der Waals surface area contributed by atoms with Gasteiger partial charge in [-0.1, -0.05) is 0 Å². The second-order valence-electron chi connectivity index (χ2n) is 4.79. The van der Waals surface area contributed by atoms with Gasteiger partial charge in [0.1, 0.15) is 11.4 Å². The summed E-state index contributed by atoms with van der Waals surface area (Å²) in [4.78, 5) is 10.4. The van der Waals surface area contributed by atoms with Crippen molar-refractivity contribution in [1.29, 1.82) is 0 Å². The van der Waals surface area contributed by atoms with Crippen LogP contribution in [-0.2, 0) is 4.74 Å². The Labute approximate surface area is 116 Å². The second kappa shape index (κ2) is 6.06. The van der Waals surface area contributed by atoms with E-state index in [0.29, 0.717) is 31.1 Å². The zero-order valence-electron chi connectivity index (χ0n) is 11.3. The molecule has 0 aliphatic carbocycles. The number of anilines is 1. The van der Waals surface area contributed by atoms with Gasteiger partial charge in [0.25, 0.3) is 5.69 Å². The minimum absolute atomic E-state index is 0.0480. The maximum atomic E-state index is 10.9. The molecule has 1 saturated heterocycles. The van der Waals surface area contributed by atoms with E-state index in [1.807, 2.05) is 6.92 Å². The summed E-state index contributed by atoms with van der Waals surface area (Å²) in [6, 6.07) is 4.47. The number of aliphatic hydroxyl groups is 1. The summed E-state index contributed by atoms with van der Waals surface area (Å²) >= 11 is 0. The van der Waals surface area contributed by atoms with Gasteiger partial charge in [-0.25, -0.2) is 0 Å². The number of hydrogen-bond donors (Lipinski definition) is 2. The van der Waals surface area contributed by atoms with Crippen molar-refractivity contribution in [2.24, 2.45) is 0 Å². The number of non-ortho nitro benzene ring substituents is 1. The van der Waals surface area contributed by atoms with Gasteiger partial charge < -0.3 is 19.9 Å². The van der Waals surface area contributed by atoms with Crippen molar-refractivity contribution in [3.8, 4) is 5.75 Å². The molecule has 7 nitrogen and oxygen atoms in total. The van der Waals surface area contributed by atoms with Crippen LogP contribution < -0.4 is 10.1 Å². The fraction of sp³-hybridized carbons (Fsp3) is 0.538. The zero-order valence-corrected chi connectivity index (χ0v) is 11.3. The van der Waals surface area contributed by atoms with Gasteiger partial charge in [0, 0.05) is 37.4 Å². The Morgan fingerprint density at radius 1 is 1.55 bits per heavy atom. The molecule has 0 radical (unpaired) electrons. The molecule has 1 aliphatic heterocycles. The first kappa shape index (κ1) is 14.5. The molecule has 0 aromatic heterocycles. The van der Waals surface area contributed by atoms with Crippen molar-refractivity contribution in [3.63, 3.8) is 0 Å². The van der Waals surface area contributed by atoms with Gasteiger partial charge in [-0.15, -0.1) is 0 Å². The molecule has 1 aromatic rings. The van der Waals surface area contributed by atoms with E-state index in [-0.39, 0.29) is 18.8 Å². The van der Waals surface area contributed by atoms with Crippen LogP contribution in [0.15, 0.2) is 18.2 Å². The normalized spacial score (nSPS) is 21.7. The quantitative estimate of drug-likeness (QED) is 0.607. The van der Waals surface area contributed by atoms with Gasteiger partial charge in [-0.05, 0) is 6.92 Å². The summed E-state index contributed by atoms with van der Waals surface area (Å²) in [5, 5.41) is 24.0. The number of ether oxygens (including phenoxy) is 2. The van der Waals surface area contributed by atoms with E-state index in [2.05, 4.69) is 5.32 Å². The Kier molecular flexibility index (Phi) is 4.41. The van der Waals surface area contributed by atoms with E-state index in [9.17, 15) is 15.2 Å². The lowest BCUT2D eigenvalue weighted by Gasteiger charge is -2.21. The van der Waals surface area contributed by atoms with Crippen molar-refractivity contribution in [2.45, 2.75) is 18.9 Å². The van der Waals surface area contributed by atoms with Gasteiger partial charge >= 0.3 is 0 Å². The predicted molar refractivity (Wildman–Crippen MR) is 73.1 cm³/mol. The molecule has 2 rings (SSSR count). The zero-order chi connectivity index (χ0) is 14.6. The third kappa shape index (κ3) is 3.58. The largest absolute Gasteiger partial charge is 0.494 e. The maximum absolute atomic E-state index is 10.9. The molecule has 1 heterocycles. The second-order valence-corrected chi connectivity index (χ2v) is 4.79. The van der Waals surface area contributed by atoms with Gasteiger partial charge in [-0.3, -0.25) is 10.1 Å². The van der Waals surface area contributed by atoms with E-state index in [1.165, 1.54) is 12.1 Å². The molecular weight excluding hydrogens is 264 g/mol. The number of benzene rings is 1. The summed E-state index contributed by atoms with van der Waals surface area (Å²) in [5.41, 5.74) is -0.424. The lowest BCUT2D eigenvalue weighted by Crippen LogP contribution is -2.37. The Morgan fingerprint density at radius 3 is 2.95 bits per heavy atom. The van der Waals surface area contributed by atoms with Crippen LogP contribution in [0.5, 0.6) is 5.75 Å². The number of nitro groups is 1. The first-order valence-corrected chi connectivity index (χ1v) is 6.49. The number of nitrogens with one attached hydrogen (secondary N) is 1. The molecule has 0 bridgehead atoms. The standard InChI is InChI=1S/C13H18N2O5/c1-2-20-12-6-10(5-11(7-12)15(17)18)14-8-13(16)3-4-19-9-13/h5-7,14,16H,2-4,8-9H2,1H3. The predicted octanol–water partition coefficient (Wildman–Crippen LogP) is 1.56. The molecule has 2 N–H and O–H groups in total. The minimum atomic E-state index is -0.920. The lowest BCUT2D eigenvalue weighted by molar-refractivity contribution is -0.384. The van der Waals surface area contributed by atoms with E-state index in [1.54, 1.807) is 6.07 Å². The van der Waals surface area contributed by atoms with Crippen LogP contribution in [-0.4, -0.2) is 42.0 Å². The number of nitrogens with zero attached hydrogens (tertiary/aromatic N) is 1. The third-order valence-electron chi connectivity index (χ3n) is 3.12. The smallest absolute Gasteiger partial charge is 0.275 e. The Hall–Kier alpha value is -1.86. The highest BCUT2D eigenvalue weighted by Gasteiger charge is 2.32. The van der Waals surface area contributed by atoms with E-state index in [0.717, 1.165) is 0 Å². The summed E-state index contributed by atoms with van der Waals surface area (Å²) in [7, 11) is 0. The van der Waals surface area contributed by atoms with Crippen LogP contribution >= 0.6 is 0 Å². The van der Waals surface area contributed by atoms with Crippen LogP contribution in [0.3, 0.4) is 0 Å². The Bertz CT molecular complexity index is 486. The minimum Gasteiger partial charge on any atom is -0.494 e. The summed E-state index contributed by atoms with van der Waals surface area (Å²) in [5.74, 6) is 0.430. The monoisotopic (exact) mass is 282 g/mol. The molecule has 1 unspecified atom stereocenters. The summed E-state index contributed by atoms with van der Waals surface area (Å²) in [6.45, 7) is 3.31. The van der Waals surface area contributed by atoms with Crippen LogP contribution in [0.4, 0.5) is 11.4 Å². The van der Waals surface area contributed by atoms with Crippen molar-refractivity contribution >= 4 is 11.4 Å². The summed E-state index contributed by atoms with van der Waals surface area (Å²) in [6.07, 6.45) is 0.549. The molecule has 0 saturated carbocycles. The van der Waals surface area contributed by atoms with Gasteiger partial charge in [0.2, 0.25) is 0 Å². The van der Waals surface area contributed by atoms with Crippen molar-refractivity contribution in [1.82, 2.24) is 0 Å². The third-order valence-corrected chi connectivity index (χ3v) is 3.12. The highest BCUT2D eigenvalue weighted by atomic mass is 16.6. The molecule has 1 aliphatic rings. The summed E-state index contributed by atoms with van der Waals surface area (Å²) < 4.78 is 10.5. The first-order valence-electron chi connectivity index (χ1n) is 6.49. The molecule has 1 fully saturated rings. The molecule has 110 valence electrons. The van der Waals surface area contributed by atoms with E-state index in [4.69, 9.17) is 9.47 Å². The van der Waals surface area contributed by atoms with Crippen molar-refractivity contribution in [3.05, 3.63) is 28.3 Å². The fourth-order valence-electron chi connectivity index (χ4n) is 2.04. The van der Waals surface area contributed by atoms with Crippen molar-refractivity contribution in [2.75, 3.05) is 31.7 Å². The number of nitro benzene ring substituents is 1. The number of rotatable bonds is 6. The van der Waals surface area contributed by atoms with E-state index >= 15 is 0 Å². The van der Waals surface area contributed by atoms with Crippen LogP contribution in [0, 0.1) is 10.1 Å². The SMILES string of the molecule is CCOc1cc(NCC2(O)CCOC2)cc([N+](=O)[O-])c1. The molecule has 0 spiro atoms. The topological polar surface area (TPSA) is 93.9 Å². The van der Waals surface area contributed by atoms with Gasteiger partial charge in [0.15, 0.2) is 0 Å². The van der Waals surface area contributed by atoms with Crippen LogP contribution in [0.1, 0.15) is 13.3 Å². The molecule has 1 aromatic carbocycles. The maximum Gasteiger partial charge on any atom is 0.275 e. The molecular formula is C13H18N2O5. The number of hydrogen-bond acceptors (Lipinski definition) is 6. The van der Waals surface area contributed by atoms with Crippen LogP contribution in [0.25, 0.3) is 0 Å². The highest BCUT2D eigenvalue weighted by Crippen LogP contribution is 2.27. The Morgan fingerprint density at radius 2 is 2.35 bits per heavy atom. The average molecular weight is 282 g/mol. The van der Waals surface area contributed by atoms with Crippen molar-refractivity contribution < 1.29 is 19.5 Å². The van der Waals surface area contributed by atoms with Crippen LogP contribution in [0.2, 0.25) is 0 Å². The average Bonchev–Trinajstić information content (AvgIpc) is 2.84. The molecule has 0 amide bonds. The lowest BCUT2D eigenvalue weighted by atomic mass is 10.0. The van der Waals surface area contributed by atoms with Gasteiger partial charge in [-0.2, -0.15) is 0 Å². The molecule has 1 atom stereocenters.